The van der Waals surface area contributed by atoms with Gasteiger partial charge in [0.05, 0.1) is 11.5 Å². The zero-order chi connectivity index (χ0) is 24.3. The molecular weight excluding hydrogens is 474 g/mol. The number of hydrogen-bond donors (Lipinski definition) is 1. The Morgan fingerprint density at radius 1 is 1.14 bits per heavy atom. The average molecular weight is 508 g/mol. The van der Waals surface area contributed by atoms with Gasteiger partial charge in [0.1, 0.15) is 47.3 Å². The summed E-state index contributed by atoms with van der Waals surface area (Å²) in [5.41, 5.74) is 9.29. The third-order valence-corrected chi connectivity index (χ3v) is 10.0. The molecular formula is C27H33N5O3S. The lowest BCUT2D eigenvalue weighted by Gasteiger charge is -2.44. The molecule has 7 rings (SSSR count). The fourth-order valence-corrected chi connectivity index (χ4v) is 7.64. The highest BCUT2D eigenvalue weighted by Crippen LogP contribution is 2.45. The van der Waals surface area contributed by atoms with Gasteiger partial charge in [0.15, 0.2) is 0 Å². The minimum atomic E-state index is -0.640. The average Bonchev–Trinajstić information content (AvgIpc) is 3.58. The van der Waals surface area contributed by atoms with Crippen molar-refractivity contribution in [1.82, 2.24) is 19.4 Å². The minimum Gasteiger partial charge on any atom is -0.616 e. The molecule has 4 aliphatic rings. The molecule has 1 aromatic carbocycles. The molecule has 190 valence electrons. The van der Waals surface area contributed by atoms with E-state index in [4.69, 9.17) is 15.2 Å². The summed E-state index contributed by atoms with van der Waals surface area (Å²) in [5.74, 6) is 2.95. The van der Waals surface area contributed by atoms with Gasteiger partial charge in [-0.15, -0.1) is 0 Å². The van der Waals surface area contributed by atoms with E-state index in [1.807, 2.05) is 12.1 Å². The number of rotatable bonds is 6. The molecule has 2 aromatic heterocycles. The van der Waals surface area contributed by atoms with Crippen LogP contribution in [0, 0.1) is 0 Å². The van der Waals surface area contributed by atoms with Crippen LogP contribution in [0.25, 0.3) is 22.2 Å². The fraction of sp³-hybridized carbons (Fsp3) is 0.556. The van der Waals surface area contributed by atoms with Gasteiger partial charge in [-0.2, -0.15) is 0 Å². The van der Waals surface area contributed by atoms with Crippen molar-refractivity contribution in [3.05, 3.63) is 36.8 Å². The van der Waals surface area contributed by atoms with E-state index in [1.165, 1.54) is 0 Å². The topological polar surface area (TPSA) is 101 Å². The van der Waals surface area contributed by atoms with E-state index in [-0.39, 0.29) is 5.60 Å². The zero-order valence-electron chi connectivity index (χ0n) is 20.5. The van der Waals surface area contributed by atoms with Crippen molar-refractivity contribution in [3.63, 3.8) is 0 Å². The summed E-state index contributed by atoms with van der Waals surface area (Å²) < 4.78 is 26.5. The Hall–Kier alpha value is -2.33. The molecule has 8 nitrogen and oxygen atoms in total. The molecule has 3 aromatic rings. The molecule has 3 aliphatic heterocycles. The van der Waals surface area contributed by atoms with Crippen LogP contribution in [-0.4, -0.2) is 72.9 Å². The molecule has 5 heterocycles. The fourth-order valence-electron chi connectivity index (χ4n) is 6.56. The summed E-state index contributed by atoms with van der Waals surface area (Å²) in [5, 5.41) is 0.905. The maximum absolute atomic E-state index is 11.7. The number of fused-ring (bicyclic) bond motifs is 3. The van der Waals surface area contributed by atoms with Crippen molar-refractivity contribution >= 4 is 28.0 Å². The highest BCUT2D eigenvalue weighted by molar-refractivity contribution is 7.91. The third kappa shape index (κ3) is 3.97. The molecule has 2 bridgehead atoms. The van der Waals surface area contributed by atoms with Crippen LogP contribution in [0.15, 0.2) is 36.8 Å². The standard InChI is InChI=1S/C27H33N5O3S/c28-25-24-23(18-2-1-3-22(12-18)34-16-27-6-4-21(35-27)5-7-27)15-32(26(24)30-17-29-25)20-13-19(14-20)31-8-10-36(33)11-9-31/h1-3,12,15,17,19-21H,4-11,13-14,16H2,(H2,28,29,30). The predicted octanol–water partition coefficient (Wildman–Crippen LogP) is 3.54. The number of benzene rings is 1. The summed E-state index contributed by atoms with van der Waals surface area (Å²) in [6, 6.07) is 9.19. The Balaban J connectivity index is 1.13. The summed E-state index contributed by atoms with van der Waals surface area (Å²) in [7, 11) is 0. The van der Waals surface area contributed by atoms with E-state index in [0.29, 0.717) is 30.6 Å². The van der Waals surface area contributed by atoms with Crippen molar-refractivity contribution in [2.24, 2.45) is 0 Å². The Morgan fingerprint density at radius 2 is 1.94 bits per heavy atom. The molecule has 9 heteroatoms. The number of nitrogen functional groups attached to an aromatic ring is 1. The van der Waals surface area contributed by atoms with Gasteiger partial charge < -0.3 is 24.3 Å². The van der Waals surface area contributed by atoms with Gasteiger partial charge in [0.25, 0.3) is 0 Å². The lowest BCUT2D eigenvalue weighted by molar-refractivity contribution is -0.0198. The van der Waals surface area contributed by atoms with Crippen molar-refractivity contribution in [1.29, 1.82) is 0 Å². The number of ether oxygens (including phenoxy) is 2. The van der Waals surface area contributed by atoms with Crippen molar-refractivity contribution in [2.75, 3.05) is 36.9 Å². The number of hydrogen-bond acceptors (Lipinski definition) is 7. The lowest BCUT2D eigenvalue weighted by Crippen LogP contribution is -2.51. The van der Waals surface area contributed by atoms with Gasteiger partial charge in [-0.25, -0.2) is 9.97 Å². The molecule has 0 amide bonds. The molecule has 3 saturated heterocycles. The number of anilines is 1. The van der Waals surface area contributed by atoms with Crippen LogP contribution in [0.2, 0.25) is 0 Å². The van der Waals surface area contributed by atoms with Crippen LogP contribution in [0.3, 0.4) is 0 Å². The number of aromatic nitrogens is 3. The molecule has 36 heavy (non-hydrogen) atoms. The van der Waals surface area contributed by atoms with Crippen molar-refractivity contribution in [3.8, 4) is 16.9 Å². The molecule has 0 spiro atoms. The maximum atomic E-state index is 11.7. The van der Waals surface area contributed by atoms with Gasteiger partial charge >= 0.3 is 0 Å². The zero-order valence-corrected chi connectivity index (χ0v) is 21.3. The largest absolute Gasteiger partial charge is 0.616 e. The first-order valence-electron chi connectivity index (χ1n) is 13.2. The number of nitrogens with two attached hydrogens (primary N) is 1. The van der Waals surface area contributed by atoms with Gasteiger partial charge in [-0.05, 0) is 56.2 Å². The maximum Gasteiger partial charge on any atom is 0.146 e. The lowest BCUT2D eigenvalue weighted by atomic mass is 9.85. The van der Waals surface area contributed by atoms with E-state index in [2.05, 4.69) is 37.8 Å². The summed E-state index contributed by atoms with van der Waals surface area (Å²) in [6.45, 7) is 2.49. The first kappa shape index (κ1) is 22.8. The highest BCUT2D eigenvalue weighted by atomic mass is 32.2. The Bertz CT molecular complexity index is 1260. The van der Waals surface area contributed by atoms with Gasteiger partial charge in [0, 0.05) is 36.9 Å². The van der Waals surface area contributed by atoms with Crippen molar-refractivity contribution in [2.45, 2.75) is 62.3 Å². The molecule has 1 saturated carbocycles. The van der Waals surface area contributed by atoms with Gasteiger partial charge in [0.2, 0.25) is 0 Å². The van der Waals surface area contributed by atoms with Crippen LogP contribution >= 0.6 is 0 Å². The summed E-state index contributed by atoms with van der Waals surface area (Å²) in [4.78, 5) is 11.5. The molecule has 0 unspecified atom stereocenters. The third-order valence-electron chi connectivity index (χ3n) is 8.76. The second kappa shape index (κ2) is 8.90. The Kier molecular flexibility index (Phi) is 5.65. The van der Waals surface area contributed by atoms with E-state index >= 15 is 0 Å². The van der Waals surface area contributed by atoms with Gasteiger partial charge in [-0.3, -0.25) is 4.90 Å². The minimum absolute atomic E-state index is 0.0981. The molecule has 1 aliphatic carbocycles. The molecule has 0 atom stereocenters. The quantitative estimate of drug-likeness (QED) is 0.509. The van der Waals surface area contributed by atoms with Crippen LogP contribution < -0.4 is 10.5 Å². The summed E-state index contributed by atoms with van der Waals surface area (Å²) >= 11 is -0.640. The van der Waals surface area contributed by atoms with E-state index in [0.717, 1.165) is 91.0 Å². The van der Waals surface area contributed by atoms with Crippen LogP contribution in [0.1, 0.15) is 44.6 Å². The van der Waals surface area contributed by atoms with E-state index < -0.39 is 11.2 Å². The monoisotopic (exact) mass is 507 g/mol. The number of nitrogens with zero attached hydrogens (tertiary/aromatic N) is 4. The predicted molar refractivity (Wildman–Crippen MR) is 140 cm³/mol. The normalized spacial score (nSPS) is 30.6. The second-order valence-corrected chi connectivity index (χ2v) is 12.6. The van der Waals surface area contributed by atoms with Gasteiger partial charge in [-0.1, -0.05) is 23.3 Å². The Labute approximate surface area is 214 Å². The second-order valence-electron chi connectivity index (χ2n) is 10.9. The van der Waals surface area contributed by atoms with Crippen molar-refractivity contribution < 1.29 is 14.0 Å². The smallest absolute Gasteiger partial charge is 0.146 e. The SMILES string of the molecule is Nc1ncnc2c1c(-c1cccc(OCC34CCC(CC3)O4)c1)cn2C1CC(N2CC[S+]([O-])CC2)C1. The molecule has 4 fully saturated rings. The van der Waals surface area contributed by atoms with Crippen LogP contribution in [0.4, 0.5) is 5.82 Å². The molecule has 2 N–H and O–H groups in total. The van der Waals surface area contributed by atoms with E-state index in [9.17, 15) is 4.55 Å². The Morgan fingerprint density at radius 3 is 2.69 bits per heavy atom. The first-order chi connectivity index (χ1) is 17.6. The highest BCUT2D eigenvalue weighted by Gasteiger charge is 2.46. The van der Waals surface area contributed by atoms with Crippen LogP contribution in [0.5, 0.6) is 5.75 Å². The van der Waals surface area contributed by atoms with Crippen LogP contribution in [-0.2, 0) is 15.9 Å². The molecule has 0 radical (unpaired) electrons. The first-order valence-corrected chi connectivity index (χ1v) is 14.7. The van der Waals surface area contributed by atoms with E-state index in [1.54, 1.807) is 6.33 Å². The summed E-state index contributed by atoms with van der Waals surface area (Å²) in [6.07, 6.45) is 10.8.